The number of allylic oxidation sites excluding steroid dienone is 1. The lowest BCUT2D eigenvalue weighted by Gasteiger charge is -2.39. The summed E-state index contributed by atoms with van der Waals surface area (Å²) in [5.74, 6) is 1.44. The van der Waals surface area contributed by atoms with Gasteiger partial charge in [-0.2, -0.15) is 5.26 Å². The number of aromatic nitrogens is 2. The van der Waals surface area contributed by atoms with Crippen molar-refractivity contribution in [2.24, 2.45) is 4.99 Å². The van der Waals surface area contributed by atoms with E-state index in [9.17, 15) is 14.9 Å². The van der Waals surface area contributed by atoms with E-state index in [2.05, 4.69) is 27.3 Å². The number of aliphatic imine (C=N–C) groups is 1. The van der Waals surface area contributed by atoms with E-state index in [1.165, 1.54) is 13.4 Å². The average Bonchev–Trinajstić information content (AvgIpc) is 3.60. The quantitative estimate of drug-likeness (QED) is 0.0214. The zero-order valence-electron chi connectivity index (χ0n) is 37.0. The second-order valence-corrected chi connectivity index (χ2v) is 16.7. The Labute approximate surface area is 365 Å². The molecule has 5 rings (SSSR count). The maximum atomic E-state index is 14.5. The van der Waals surface area contributed by atoms with Gasteiger partial charge in [0, 0.05) is 33.3 Å². The van der Waals surface area contributed by atoms with Crippen molar-refractivity contribution in [1.82, 2.24) is 19.1 Å². The Kier molecular flexibility index (Phi) is 17.2. The molecule has 0 spiro atoms. The molecule has 1 N–H and O–H groups in total. The van der Waals surface area contributed by atoms with Crippen molar-refractivity contribution in [3.05, 3.63) is 135 Å². The SMILES string of the molecule is C=CCc1c(/N=C/N(C)C)[nH]c(=O)n([C@@H]2O[C@H](COC(c3ccccc3)(c3ccc(OC)cc3)c3ccc(OC)cc3)[C@@H](OP(OCCC#N)N(C(C)C)C(C)C)[C@H]2OC)c1=O. The minimum atomic E-state index is -1.87. The maximum absolute atomic E-state index is 14.5. The lowest BCUT2D eigenvalue weighted by Crippen LogP contribution is -2.45. The van der Waals surface area contributed by atoms with Crippen molar-refractivity contribution >= 4 is 20.7 Å². The third kappa shape index (κ3) is 10.7. The number of benzene rings is 3. The van der Waals surface area contributed by atoms with Crippen LogP contribution in [-0.2, 0) is 35.3 Å². The van der Waals surface area contributed by atoms with Crippen LogP contribution in [0.5, 0.6) is 11.5 Å². The van der Waals surface area contributed by atoms with Gasteiger partial charge in [0.2, 0.25) is 0 Å². The Balaban J connectivity index is 1.71. The van der Waals surface area contributed by atoms with Crippen molar-refractivity contribution < 1.29 is 32.7 Å². The van der Waals surface area contributed by atoms with Gasteiger partial charge in [0.05, 0.1) is 51.8 Å². The second-order valence-electron chi connectivity index (χ2n) is 15.3. The highest BCUT2D eigenvalue weighted by atomic mass is 31.2. The number of hydrogen-bond donors (Lipinski definition) is 1. The highest BCUT2D eigenvalue weighted by Crippen LogP contribution is 2.51. The molecular weight excluding hydrogens is 812 g/mol. The number of methoxy groups -OCH3 is 3. The number of hydrogen-bond acceptors (Lipinski definition) is 12. The molecule has 332 valence electrons. The van der Waals surface area contributed by atoms with Crippen LogP contribution in [0.25, 0.3) is 0 Å². The molecule has 3 aromatic carbocycles. The third-order valence-corrected chi connectivity index (χ3v) is 12.4. The third-order valence-electron chi connectivity index (χ3n) is 10.3. The molecule has 5 atom stereocenters. The Hall–Kier alpha value is -5.17. The number of rotatable bonds is 22. The van der Waals surface area contributed by atoms with E-state index in [1.807, 2.05) is 107 Å². The van der Waals surface area contributed by atoms with Gasteiger partial charge in [0.25, 0.3) is 14.1 Å². The van der Waals surface area contributed by atoms with Gasteiger partial charge in [0.1, 0.15) is 41.2 Å². The van der Waals surface area contributed by atoms with Gasteiger partial charge in [-0.25, -0.2) is 19.0 Å². The molecule has 2 heterocycles. The van der Waals surface area contributed by atoms with Crippen molar-refractivity contribution in [1.29, 1.82) is 5.26 Å². The normalized spacial score (nSPS) is 18.4. The van der Waals surface area contributed by atoms with Crippen LogP contribution in [0.15, 0.2) is 106 Å². The molecule has 0 saturated carbocycles. The van der Waals surface area contributed by atoms with Crippen LogP contribution in [0.2, 0.25) is 0 Å². The van der Waals surface area contributed by atoms with E-state index in [0.717, 1.165) is 21.3 Å². The van der Waals surface area contributed by atoms with Gasteiger partial charge in [-0.3, -0.25) is 9.78 Å². The topological polar surface area (TPSA) is 162 Å². The van der Waals surface area contributed by atoms with Crippen LogP contribution in [0, 0.1) is 11.3 Å². The standard InChI is InChI=1S/C46H59N6O9P/c1-11-16-38-42(48-30-50(6)7)49-45(54)51(43(38)53)44-41(57-10)40(61-62(59-28-15-27-47)52(31(2)3)32(4)5)39(60-44)29-58-46(33-17-13-12-14-18-33,34-19-23-36(55-8)24-20-34)35-21-25-37(56-9)26-22-35/h11-14,17-26,30-32,39-41,44H,1,15-16,28-29H2,2-10H3,(H,49,54)/b48-30+/t39-,40-,41-,44-,62?/m1/s1. The first kappa shape index (κ1) is 47.9. The zero-order chi connectivity index (χ0) is 45.0. The minimum Gasteiger partial charge on any atom is -0.497 e. The van der Waals surface area contributed by atoms with Crippen molar-refractivity contribution in [2.75, 3.05) is 48.6 Å². The number of nitrogens with zero attached hydrogens (tertiary/aromatic N) is 5. The van der Waals surface area contributed by atoms with E-state index >= 15 is 0 Å². The van der Waals surface area contributed by atoms with Crippen LogP contribution >= 0.6 is 8.53 Å². The van der Waals surface area contributed by atoms with E-state index in [1.54, 1.807) is 39.3 Å². The number of aromatic amines is 1. The van der Waals surface area contributed by atoms with Gasteiger partial charge in [-0.05, 0) is 75.1 Å². The molecule has 0 bridgehead atoms. The summed E-state index contributed by atoms with van der Waals surface area (Å²) in [6.07, 6.45) is -0.938. The Bertz CT molecular complexity index is 2190. The molecule has 16 heteroatoms. The molecule has 1 aromatic heterocycles. The highest BCUT2D eigenvalue weighted by molar-refractivity contribution is 7.44. The predicted octanol–water partition coefficient (Wildman–Crippen LogP) is 7.09. The molecule has 1 fully saturated rings. The van der Waals surface area contributed by atoms with E-state index < -0.39 is 49.9 Å². The van der Waals surface area contributed by atoms with Crippen LogP contribution in [0.3, 0.4) is 0 Å². The minimum absolute atomic E-state index is 0.0323. The zero-order valence-corrected chi connectivity index (χ0v) is 37.9. The maximum Gasteiger partial charge on any atom is 0.332 e. The van der Waals surface area contributed by atoms with E-state index in [-0.39, 0.29) is 49.5 Å². The fourth-order valence-electron chi connectivity index (χ4n) is 7.53. The molecule has 0 radical (unpaired) electrons. The van der Waals surface area contributed by atoms with Crippen molar-refractivity contribution in [3.63, 3.8) is 0 Å². The summed E-state index contributed by atoms with van der Waals surface area (Å²) in [5, 5.41) is 9.45. The van der Waals surface area contributed by atoms with Gasteiger partial charge in [-0.15, -0.1) is 6.58 Å². The lowest BCUT2D eigenvalue weighted by molar-refractivity contribution is -0.0965. The van der Waals surface area contributed by atoms with Crippen LogP contribution in [0.4, 0.5) is 5.82 Å². The number of ether oxygens (including phenoxy) is 5. The smallest absolute Gasteiger partial charge is 0.332 e. The van der Waals surface area contributed by atoms with Crippen LogP contribution in [-0.4, -0.2) is 104 Å². The highest BCUT2D eigenvalue weighted by Gasteiger charge is 2.52. The lowest BCUT2D eigenvalue weighted by atomic mass is 9.80. The molecule has 1 aliphatic heterocycles. The van der Waals surface area contributed by atoms with E-state index in [4.69, 9.17) is 32.7 Å². The fourth-order valence-corrected chi connectivity index (χ4v) is 9.30. The summed E-state index contributed by atoms with van der Waals surface area (Å²) < 4.78 is 47.9. The molecule has 15 nitrogen and oxygen atoms in total. The molecule has 0 amide bonds. The number of H-pyrrole nitrogens is 1. The summed E-state index contributed by atoms with van der Waals surface area (Å²) in [5.41, 5.74) is -0.0310. The van der Waals surface area contributed by atoms with Gasteiger partial charge in [0.15, 0.2) is 6.23 Å². The number of nitriles is 1. The summed E-state index contributed by atoms with van der Waals surface area (Å²) in [6, 6.07) is 27.2. The molecule has 62 heavy (non-hydrogen) atoms. The van der Waals surface area contributed by atoms with Crippen LogP contribution < -0.4 is 20.7 Å². The predicted molar refractivity (Wildman–Crippen MR) is 240 cm³/mol. The largest absolute Gasteiger partial charge is 0.497 e. The summed E-state index contributed by atoms with van der Waals surface area (Å²) >= 11 is 0. The monoisotopic (exact) mass is 870 g/mol. The first-order chi connectivity index (χ1) is 29.8. The van der Waals surface area contributed by atoms with Crippen molar-refractivity contribution in [2.45, 2.75) is 82.8 Å². The molecular formula is C46H59N6O9P. The average molecular weight is 871 g/mol. The molecule has 1 aliphatic rings. The Morgan fingerprint density at radius 3 is 2.00 bits per heavy atom. The summed E-state index contributed by atoms with van der Waals surface area (Å²) in [7, 11) is 6.39. The van der Waals surface area contributed by atoms with Gasteiger partial charge >= 0.3 is 5.69 Å². The molecule has 0 aliphatic carbocycles. The number of nitrogens with one attached hydrogen (secondary N) is 1. The van der Waals surface area contributed by atoms with Crippen LogP contribution in [0.1, 0.15) is 62.6 Å². The summed E-state index contributed by atoms with van der Waals surface area (Å²) in [6.45, 7) is 12.0. The first-order valence-electron chi connectivity index (χ1n) is 20.5. The Morgan fingerprint density at radius 2 is 1.50 bits per heavy atom. The molecule has 4 aromatic rings. The fraction of sp³-hybridized carbons (Fsp3) is 0.435. The summed E-state index contributed by atoms with van der Waals surface area (Å²) in [4.78, 5) is 37.4. The first-order valence-corrected chi connectivity index (χ1v) is 21.6. The van der Waals surface area contributed by atoms with Gasteiger partial charge in [-0.1, -0.05) is 60.7 Å². The molecule has 1 unspecified atom stereocenters. The van der Waals surface area contributed by atoms with Gasteiger partial charge < -0.3 is 37.6 Å². The van der Waals surface area contributed by atoms with E-state index in [0.29, 0.717) is 11.5 Å². The molecule has 1 saturated heterocycles. The second kappa shape index (κ2) is 22.3. The Morgan fingerprint density at radius 1 is 0.919 bits per heavy atom. The van der Waals surface area contributed by atoms with Crippen molar-refractivity contribution in [3.8, 4) is 17.6 Å².